The second kappa shape index (κ2) is 18.9. The van der Waals surface area contributed by atoms with Crippen molar-refractivity contribution in [2.45, 2.75) is 213 Å². The number of fused-ring (bicyclic) bond motifs is 7. The van der Waals surface area contributed by atoms with Crippen molar-refractivity contribution in [2.24, 2.45) is 39.4 Å². The monoisotopic (exact) mass is 945 g/mol. The van der Waals surface area contributed by atoms with Gasteiger partial charge in [-0.05, 0) is 99.8 Å². The molecule has 10 fully saturated rings. The Balaban J connectivity index is 0.000000283. The van der Waals surface area contributed by atoms with Gasteiger partial charge in [-0.1, -0.05) is 70.4 Å². The van der Waals surface area contributed by atoms with Crippen LogP contribution >= 0.6 is 0 Å². The quantitative estimate of drug-likeness (QED) is 0.275. The van der Waals surface area contributed by atoms with Crippen LogP contribution in [0.4, 0.5) is 0 Å². The van der Waals surface area contributed by atoms with E-state index in [1.807, 2.05) is 102 Å². The van der Waals surface area contributed by atoms with Crippen molar-refractivity contribution < 1.29 is 48.0 Å². The van der Waals surface area contributed by atoms with Gasteiger partial charge in [-0.2, -0.15) is 0 Å². The van der Waals surface area contributed by atoms with E-state index < -0.39 is 11.4 Å². The molecule has 0 aromatic rings. The minimum absolute atomic E-state index is 0. The molecule has 67 heavy (non-hydrogen) atoms. The Morgan fingerprint density at radius 2 is 1.12 bits per heavy atom. The van der Waals surface area contributed by atoms with Crippen LogP contribution in [-0.2, 0) is 42.9 Å². The molecule has 10 unspecified atom stereocenters. The van der Waals surface area contributed by atoms with Crippen LogP contribution in [0.3, 0.4) is 0 Å². The summed E-state index contributed by atoms with van der Waals surface area (Å²) in [6.45, 7) is 35.1. The first-order chi connectivity index (χ1) is 28.4. The van der Waals surface area contributed by atoms with Crippen LogP contribution < -0.4 is 5.32 Å². The minimum Gasteiger partial charge on any atom is -0.394 e. The maximum absolute atomic E-state index is 12.4. The van der Waals surface area contributed by atoms with Gasteiger partial charge in [-0.15, -0.1) is 0 Å². The van der Waals surface area contributed by atoms with Gasteiger partial charge >= 0.3 is 0 Å². The second-order valence-electron chi connectivity index (χ2n) is 22.9. The van der Waals surface area contributed by atoms with Crippen molar-refractivity contribution in [1.82, 2.24) is 24.9 Å². The first-order valence-electron chi connectivity index (χ1n) is 22.8. The normalized spacial score (nSPS) is 38.1. The van der Waals surface area contributed by atoms with E-state index in [9.17, 15) is 24.0 Å². The zero-order chi connectivity index (χ0) is 46.3. The van der Waals surface area contributed by atoms with Crippen molar-refractivity contribution in [3.8, 4) is 0 Å². The van der Waals surface area contributed by atoms with E-state index in [1.165, 1.54) is 0 Å². The molecule has 2 saturated carbocycles. The van der Waals surface area contributed by atoms with Crippen LogP contribution in [0.1, 0.15) is 160 Å². The summed E-state index contributed by atoms with van der Waals surface area (Å²) >= 11 is 0. The van der Waals surface area contributed by atoms with Crippen LogP contribution in [0.2, 0.25) is 0 Å². The number of hydrogen-bond acceptors (Lipinski definition) is 10. The highest BCUT2D eigenvalue weighted by molar-refractivity contribution is 5.96. The predicted molar refractivity (Wildman–Crippen MR) is 262 cm³/mol. The Hall–Kier alpha value is -3.05. The molecule has 11 aliphatic rings. The average molecular weight is 945 g/mol. The molecule has 9 heterocycles. The fourth-order valence-corrected chi connectivity index (χ4v) is 13.1. The first-order valence-corrected chi connectivity index (χ1v) is 22.8. The van der Waals surface area contributed by atoms with Gasteiger partial charge in [-0.3, -0.25) is 24.0 Å². The molecular weight excluding hydrogens is 853 g/mol. The van der Waals surface area contributed by atoms with Crippen molar-refractivity contribution in [2.75, 3.05) is 33.0 Å². The zero-order valence-corrected chi connectivity index (χ0v) is 40.8. The number of ether oxygens (including phenoxy) is 4. The molecule has 9 aliphatic heterocycles. The number of nitrogens with one attached hydrogen (secondary N) is 1. The summed E-state index contributed by atoms with van der Waals surface area (Å²) in [5.41, 5.74) is -0.803. The number of carbonyl (C=O) groups excluding carboxylic acids is 5. The van der Waals surface area contributed by atoms with Gasteiger partial charge in [0.2, 0.25) is 23.6 Å². The highest BCUT2D eigenvalue weighted by atomic mass is 16.5. The van der Waals surface area contributed by atoms with Crippen molar-refractivity contribution >= 4 is 37.9 Å². The lowest BCUT2D eigenvalue weighted by Crippen LogP contribution is -2.48. The van der Waals surface area contributed by atoms with Crippen LogP contribution in [-0.4, -0.2) is 149 Å². The Morgan fingerprint density at radius 1 is 0.642 bits per heavy atom. The smallest absolute Gasteiger partial charge is 0.252 e. The van der Waals surface area contributed by atoms with E-state index in [0.29, 0.717) is 62.1 Å². The predicted octanol–water partition coefficient (Wildman–Crippen LogP) is 6.57. The van der Waals surface area contributed by atoms with Crippen LogP contribution in [0, 0.1) is 39.4 Å². The Bertz CT molecular complexity index is 1920. The Kier molecular flexibility index (Phi) is 17.0. The van der Waals surface area contributed by atoms with Gasteiger partial charge in [0.05, 0.1) is 74.1 Å². The average Bonchev–Trinajstić information content (AvgIpc) is 3.88. The molecule has 3 radical (unpaired) electrons. The molecule has 0 aromatic carbocycles. The number of hydrogen-bond donors (Lipinski definition) is 2. The van der Waals surface area contributed by atoms with Gasteiger partial charge in [0.25, 0.3) is 5.91 Å². The zero-order valence-electron chi connectivity index (χ0n) is 40.8. The molecule has 0 aromatic heterocycles. The summed E-state index contributed by atoms with van der Waals surface area (Å²) in [5, 5.41) is 11.8. The van der Waals surface area contributed by atoms with E-state index in [4.69, 9.17) is 24.1 Å². The maximum atomic E-state index is 12.4. The number of rotatable bonds is 1. The largest absolute Gasteiger partial charge is 0.394 e. The molecule has 16 heteroatoms. The molecule has 5 amide bonds. The lowest BCUT2D eigenvalue weighted by atomic mass is 9.95. The standard InChI is InChI=1S/C12H19NO2.C9H15NO2.C9H13NO2.C9H15NO2.C8H13NO2.4CH4.B/c1-10(2)8-7-6-15-11(3,4)13(7)9(14)12(8,10)5;2*1-6-4-7-5-12-9(2,3)10(7)8(6)11;1-8(2)6-5(4-11)10-7(12)9(6,8)3;1-8(2)9-6(5-11-8)3-4-7(9)10;;;;;/h7-8H,6H2,1-5H3;6-7H,4-5H2,1-3H3;4,7H,5H2,1-3H3;5-6,11H,4H2,1-3H3,(H,10,12);6H,3-5H2,1-2H3;4*1H4;. The topological polar surface area (TPSA) is 167 Å². The lowest BCUT2D eigenvalue weighted by molar-refractivity contribution is -0.149. The molecule has 0 bridgehead atoms. The second-order valence-corrected chi connectivity index (χ2v) is 22.9. The number of nitrogens with zero attached hydrogens (tertiary/aromatic N) is 4. The molecule has 15 nitrogen and oxygen atoms in total. The summed E-state index contributed by atoms with van der Waals surface area (Å²) < 4.78 is 22.2. The van der Waals surface area contributed by atoms with Gasteiger partial charge in [-0.25, -0.2) is 0 Å². The fraction of sp³-hybridized carbons (Fsp3) is 0.863. The van der Waals surface area contributed by atoms with Crippen LogP contribution in [0.25, 0.3) is 0 Å². The number of carbonyl (C=O) groups is 5. The third kappa shape index (κ3) is 8.92. The number of aliphatic hydroxyl groups is 1. The maximum Gasteiger partial charge on any atom is 0.252 e. The fourth-order valence-electron chi connectivity index (χ4n) is 13.1. The summed E-state index contributed by atoms with van der Waals surface area (Å²) in [4.78, 5) is 66.0. The molecule has 383 valence electrons. The number of aliphatic hydroxyl groups excluding tert-OH is 1. The minimum atomic E-state index is -0.421. The Morgan fingerprint density at radius 3 is 1.60 bits per heavy atom. The van der Waals surface area contributed by atoms with E-state index in [1.54, 1.807) is 0 Å². The SMILES string of the molecule is C.C.C.C.CC1(C)C2C(CO)NC(=O)C21C.CC1(C)OCC2C3C(C)(C)C3(C)C(=O)N21.CC1(C)OCC2CCC(=O)N21.CC1=CC2COC(C)(C)N2C1=O.CC1CC2COC(C)(C)N2C1=O.[B]. The van der Waals surface area contributed by atoms with Gasteiger partial charge in [0.1, 0.15) is 22.9 Å². The van der Waals surface area contributed by atoms with Gasteiger partial charge in [0.15, 0.2) is 0 Å². The van der Waals surface area contributed by atoms with Crippen LogP contribution in [0.15, 0.2) is 11.6 Å². The molecule has 11 rings (SSSR count). The Labute approximate surface area is 406 Å². The molecular formula is C51H91BN5O10. The summed E-state index contributed by atoms with van der Waals surface area (Å²) in [6, 6.07) is 1.16. The lowest BCUT2D eigenvalue weighted by Gasteiger charge is -2.34. The van der Waals surface area contributed by atoms with Gasteiger partial charge < -0.3 is 49.0 Å². The highest BCUT2D eigenvalue weighted by Gasteiger charge is 2.83. The molecule has 10 atom stereocenters. The van der Waals surface area contributed by atoms with E-state index in [-0.39, 0.29) is 119 Å². The summed E-state index contributed by atoms with van der Waals surface area (Å²) in [7, 11) is 0. The molecule has 2 N–H and O–H groups in total. The molecule has 8 saturated heterocycles. The third-order valence-electron chi connectivity index (χ3n) is 17.2. The summed E-state index contributed by atoms with van der Waals surface area (Å²) in [5.74, 6) is 2.02. The van der Waals surface area contributed by atoms with Crippen molar-refractivity contribution in [1.29, 1.82) is 0 Å². The van der Waals surface area contributed by atoms with Gasteiger partial charge in [0, 0.05) is 38.2 Å². The third-order valence-corrected chi connectivity index (χ3v) is 17.2. The molecule has 0 spiro atoms. The first kappa shape index (κ1) is 60.1. The summed E-state index contributed by atoms with van der Waals surface area (Å²) in [6.07, 6.45) is 4.62. The number of piperidine rings is 2. The van der Waals surface area contributed by atoms with E-state index >= 15 is 0 Å². The van der Waals surface area contributed by atoms with E-state index in [2.05, 4.69) is 39.9 Å². The highest BCUT2D eigenvalue weighted by Crippen LogP contribution is 2.76. The van der Waals surface area contributed by atoms with Crippen LogP contribution in [0.5, 0.6) is 0 Å². The molecule has 2 aliphatic carbocycles. The van der Waals surface area contributed by atoms with Crippen molar-refractivity contribution in [3.63, 3.8) is 0 Å². The van der Waals surface area contributed by atoms with Crippen molar-refractivity contribution in [3.05, 3.63) is 11.6 Å². The number of amides is 5. The van der Waals surface area contributed by atoms with E-state index in [0.717, 1.165) is 25.0 Å².